The number of aromatic nitrogens is 2. The number of hydrogen-bond donors (Lipinski definition) is 2. The summed E-state index contributed by atoms with van der Waals surface area (Å²) < 4.78 is 26.6. The minimum atomic E-state index is -1.30. The number of allylic oxidation sites excluding steroid dienone is 3. The number of nitrogens with zero attached hydrogens (tertiary/aromatic N) is 1. The first-order chi connectivity index (χ1) is 8.93. The lowest BCUT2D eigenvalue weighted by molar-refractivity contribution is 0.0698. The van der Waals surface area contributed by atoms with Crippen LogP contribution in [0.2, 0.25) is 0 Å². The number of carboxylic acids is 1. The maximum Gasteiger partial charge on any atom is 0.338 e. The van der Waals surface area contributed by atoms with Crippen LogP contribution in [0.3, 0.4) is 0 Å². The maximum atomic E-state index is 13.3. The number of hydrogen-bond acceptors (Lipinski definition) is 2. The molecule has 0 aliphatic carbocycles. The highest BCUT2D eigenvalue weighted by molar-refractivity contribution is 6.01. The van der Waals surface area contributed by atoms with Crippen molar-refractivity contribution in [3.63, 3.8) is 0 Å². The standard InChI is InChI=1S/C13H10F2N2O2/c1-3-8(6(2)14)12-16-10-5-7(15)4-9(13(18)19)11(10)17-12/h3-5H,1H2,2H3,(H,16,17)(H,18,19)/b8-6-. The van der Waals surface area contributed by atoms with E-state index >= 15 is 0 Å². The molecule has 0 bridgehead atoms. The van der Waals surface area contributed by atoms with Gasteiger partial charge in [0.2, 0.25) is 0 Å². The SMILES string of the molecule is C=C/C(=C(\C)F)c1nc2c(C(=O)O)cc(F)cc2[nH]1. The lowest BCUT2D eigenvalue weighted by atomic mass is 10.2. The van der Waals surface area contributed by atoms with Gasteiger partial charge < -0.3 is 10.1 Å². The van der Waals surface area contributed by atoms with Gasteiger partial charge in [0.1, 0.15) is 23.0 Å². The first-order valence-corrected chi connectivity index (χ1v) is 5.35. The van der Waals surface area contributed by atoms with E-state index in [1.807, 2.05) is 0 Å². The average Bonchev–Trinajstić information content (AvgIpc) is 2.71. The van der Waals surface area contributed by atoms with Crippen molar-refractivity contribution in [3.05, 3.63) is 47.8 Å². The number of halogens is 2. The average molecular weight is 264 g/mol. The van der Waals surface area contributed by atoms with Crippen molar-refractivity contribution in [2.45, 2.75) is 6.92 Å². The molecule has 0 radical (unpaired) electrons. The zero-order valence-electron chi connectivity index (χ0n) is 10.00. The molecule has 19 heavy (non-hydrogen) atoms. The third kappa shape index (κ3) is 2.24. The molecule has 4 nitrogen and oxygen atoms in total. The Bertz CT molecular complexity index is 713. The van der Waals surface area contributed by atoms with Gasteiger partial charge in [0, 0.05) is 5.57 Å². The van der Waals surface area contributed by atoms with Crippen LogP contribution in [0.4, 0.5) is 8.78 Å². The first-order valence-electron chi connectivity index (χ1n) is 5.35. The summed E-state index contributed by atoms with van der Waals surface area (Å²) >= 11 is 0. The summed E-state index contributed by atoms with van der Waals surface area (Å²) in [6, 6.07) is 1.97. The summed E-state index contributed by atoms with van der Waals surface area (Å²) in [5.41, 5.74) is 0.0860. The second-order valence-corrected chi connectivity index (χ2v) is 3.89. The van der Waals surface area contributed by atoms with Crippen molar-refractivity contribution in [1.29, 1.82) is 0 Å². The summed E-state index contributed by atoms with van der Waals surface area (Å²) in [6.45, 7) is 4.68. The van der Waals surface area contributed by atoms with E-state index in [1.165, 1.54) is 13.0 Å². The number of benzene rings is 1. The van der Waals surface area contributed by atoms with E-state index in [1.54, 1.807) is 0 Å². The molecule has 0 aliphatic rings. The van der Waals surface area contributed by atoms with Crippen LogP contribution in [0.1, 0.15) is 23.1 Å². The molecule has 98 valence electrons. The molecule has 2 N–H and O–H groups in total. The fourth-order valence-corrected chi connectivity index (χ4v) is 1.77. The molecule has 1 aromatic heterocycles. The molecule has 6 heteroatoms. The molecule has 0 saturated carbocycles. The van der Waals surface area contributed by atoms with E-state index in [0.29, 0.717) is 0 Å². The highest BCUT2D eigenvalue weighted by Gasteiger charge is 2.16. The fraction of sp³-hybridized carbons (Fsp3) is 0.0769. The fourth-order valence-electron chi connectivity index (χ4n) is 1.77. The zero-order chi connectivity index (χ0) is 14.2. The Morgan fingerprint density at radius 1 is 1.53 bits per heavy atom. The summed E-state index contributed by atoms with van der Waals surface area (Å²) in [4.78, 5) is 17.7. The lowest BCUT2D eigenvalue weighted by Crippen LogP contribution is -1.98. The topological polar surface area (TPSA) is 66.0 Å². The predicted octanol–water partition coefficient (Wildman–Crippen LogP) is 3.29. The molecule has 0 unspecified atom stereocenters. The number of fused-ring (bicyclic) bond motifs is 1. The van der Waals surface area contributed by atoms with E-state index in [4.69, 9.17) is 5.11 Å². The molecule has 0 atom stereocenters. The summed E-state index contributed by atoms with van der Waals surface area (Å²) in [6.07, 6.45) is 1.25. The minimum absolute atomic E-state index is 0.0736. The smallest absolute Gasteiger partial charge is 0.338 e. The number of nitrogens with one attached hydrogen (secondary N) is 1. The van der Waals surface area contributed by atoms with E-state index in [-0.39, 0.29) is 28.0 Å². The number of H-pyrrole nitrogens is 1. The van der Waals surface area contributed by atoms with Crippen molar-refractivity contribution < 1.29 is 18.7 Å². The molecule has 2 aromatic rings. The van der Waals surface area contributed by atoms with Gasteiger partial charge in [0.25, 0.3) is 0 Å². The Labute approximate surface area is 107 Å². The van der Waals surface area contributed by atoms with E-state index in [9.17, 15) is 13.6 Å². The first kappa shape index (κ1) is 12.9. The lowest BCUT2D eigenvalue weighted by Gasteiger charge is -1.96. The Hall–Kier alpha value is -2.50. The van der Waals surface area contributed by atoms with Gasteiger partial charge >= 0.3 is 5.97 Å². The predicted molar refractivity (Wildman–Crippen MR) is 66.9 cm³/mol. The largest absolute Gasteiger partial charge is 0.478 e. The number of rotatable bonds is 3. The molecule has 0 aliphatic heterocycles. The number of aromatic amines is 1. The quantitative estimate of drug-likeness (QED) is 0.836. The van der Waals surface area contributed by atoms with Crippen molar-refractivity contribution in [2.75, 3.05) is 0 Å². The van der Waals surface area contributed by atoms with Gasteiger partial charge in [-0.15, -0.1) is 0 Å². The molecule has 1 aromatic carbocycles. The maximum absolute atomic E-state index is 13.3. The number of imidazole rings is 1. The number of carboxylic acid groups (broad SMARTS) is 1. The van der Waals surface area contributed by atoms with E-state index in [0.717, 1.165) is 12.1 Å². The zero-order valence-corrected chi connectivity index (χ0v) is 10.00. The highest BCUT2D eigenvalue weighted by atomic mass is 19.1. The van der Waals surface area contributed by atoms with Crippen LogP contribution in [0.25, 0.3) is 16.6 Å². The number of aromatic carboxylic acids is 1. The molecule has 1 heterocycles. The van der Waals surface area contributed by atoms with Crippen LogP contribution in [-0.2, 0) is 0 Å². The highest BCUT2D eigenvalue weighted by Crippen LogP contribution is 2.24. The van der Waals surface area contributed by atoms with Crippen molar-refractivity contribution in [3.8, 4) is 0 Å². The molecule has 0 spiro atoms. The van der Waals surface area contributed by atoms with Crippen LogP contribution >= 0.6 is 0 Å². The van der Waals surface area contributed by atoms with Crippen molar-refractivity contribution in [2.24, 2.45) is 0 Å². The van der Waals surface area contributed by atoms with Gasteiger partial charge in [-0.2, -0.15) is 0 Å². The van der Waals surface area contributed by atoms with E-state index in [2.05, 4.69) is 16.5 Å². The third-order valence-electron chi connectivity index (χ3n) is 2.61. The Kier molecular flexibility index (Phi) is 3.16. The molecule has 2 rings (SSSR count). The minimum Gasteiger partial charge on any atom is -0.478 e. The Morgan fingerprint density at radius 3 is 2.74 bits per heavy atom. The monoisotopic (exact) mass is 264 g/mol. The van der Waals surface area contributed by atoms with Crippen LogP contribution < -0.4 is 0 Å². The normalized spacial score (nSPS) is 12.4. The van der Waals surface area contributed by atoms with Gasteiger partial charge in [0.05, 0.1) is 11.1 Å². The van der Waals surface area contributed by atoms with Gasteiger partial charge in [-0.1, -0.05) is 12.7 Å². The van der Waals surface area contributed by atoms with Crippen molar-refractivity contribution in [1.82, 2.24) is 9.97 Å². The van der Waals surface area contributed by atoms with Gasteiger partial charge in [-0.25, -0.2) is 18.6 Å². The molecular weight excluding hydrogens is 254 g/mol. The van der Waals surface area contributed by atoms with Gasteiger partial charge in [-0.3, -0.25) is 0 Å². The Balaban J connectivity index is 2.77. The van der Waals surface area contributed by atoms with Crippen molar-refractivity contribution >= 4 is 22.6 Å². The van der Waals surface area contributed by atoms with E-state index < -0.39 is 17.6 Å². The molecular formula is C13H10F2N2O2. The molecule has 0 saturated heterocycles. The summed E-state index contributed by atoms with van der Waals surface area (Å²) in [5, 5.41) is 8.99. The molecule has 0 amide bonds. The van der Waals surface area contributed by atoms with Crippen LogP contribution in [0.15, 0.2) is 30.6 Å². The van der Waals surface area contributed by atoms with Gasteiger partial charge in [-0.05, 0) is 19.1 Å². The third-order valence-corrected chi connectivity index (χ3v) is 2.61. The van der Waals surface area contributed by atoms with Crippen LogP contribution in [-0.4, -0.2) is 21.0 Å². The number of carbonyl (C=O) groups is 1. The second-order valence-electron chi connectivity index (χ2n) is 3.89. The summed E-state index contributed by atoms with van der Waals surface area (Å²) in [7, 11) is 0. The summed E-state index contributed by atoms with van der Waals surface area (Å²) in [5.74, 6) is -2.42. The second kappa shape index (κ2) is 4.64. The van der Waals surface area contributed by atoms with Crippen LogP contribution in [0.5, 0.6) is 0 Å². The van der Waals surface area contributed by atoms with Crippen LogP contribution in [0, 0.1) is 5.82 Å². The molecule has 0 fully saturated rings. The van der Waals surface area contributed by atoms with Gasteiger partial charge in [0.15, 0.2) is 0 Å². The Morgan fingerprint density at radius 2 is 2.21 bits per heavy atom.